The van der Waals surface area contributed by atoms with Gasteiger partial charge in [0.15, 0.2) is 0 Å². The summed E-state index contributed by atoms with van der Waals surface area (Å²) in [4.78, 5) is 11.9. The number of benzene rings is 1. The molecule has 0 aliphatic carbocycles. The van der Waals surface area contributed by atoms with Crippen LogP contribution in [0.25, 0.3) is 0 Å². The fourth-order valence-corrected chi connectivity index (χ4v) is 1.96. The van der Waals surface area contributed by atoms with Gasteiger partial charge in [-0.1, -0.05) is 30.3 Å². The van der Waals surface area contributed by atoms with Crippen LogP contribution in [-0.4, -0.2) is 44.4 Å². The summed E-state index contributed by atoms with van der Waals surface area (Å²) in [6.45, 7) is 2.17. The maximum atomic E-state index is 11.9. The number of rotatable bonds is 5. The second kappa shape index (κ2) is 7.23. The maximum Gasteiger partial charge on any atom is 0.237 e. The minimum absolute atomic E-state index is 0.0679. The van der Waals surface area contributed by atoms with Crippen molar-refractivity contribution in [3.05, 3.63) is 35.9 Å². The van der Waals surface area contributed by atoms with Crippen LogP contribution in [0.3, 0.4) is 0 Å². The van der Waals surface area contributed by atoms with Crippen molar-refractivity contribution in [1.29, 1.82) is 0 Å². The molecule has 5 nitrogen and oxygen atoms in total. The first kappa shape index (κ1) is 14.0. The van der Waals surface area contributed by atoms with Gasteiger partial charge in [-0.25, -0.2) is 0 Å². The number of carbonyl (C=O) groups is 1. The molecule has 1 amide bonds. The topological polar surface area (TPSA) is 73.6 Å². The van der Waals surface area contributed by atoms with Crippen LogP contribution in [0.4, 0.5) is 0 Å². The third kappa shape index (κ3) is 4.63. The van der Waals surface area contributed by atoms with Crippen LogP contribution in [0.15, 0.2) is 30.3 Å². The van der Waals surface area contributed by atoms with Gasteiger partial charge in [0.2, 0.25) is 5.91 Å². The van der Waals surface area contributed by atoms with E-state index in [0.717, 1.165) is 5.56 Å². The molecule has 0 bridgehead atoms. The lowest BCUT2D eigenvalue weighted by atomic mass is 10.1. The molecule has 1 aliphatic heterocycles. The van der Waals surface area contributed by atoms with E-state index in [1.54, 1.807) is 0 Å². The van der Waals surface area contributed by atoms with E-state index in [-0.39, 0.29) is 12.0 Å². The number of carbonyl (C=O) groups excluding carboxylic acids is 1. The molecule has 0 spiro atoms. The largest absolute Gasteiger partial charge is 0.376 e. The van der Waals surface area contributed by atoms with Gasteiger partial charge in [0.1, 0.15) is 0 Å². The predicted molar refractivity (Wildman–Crippen MR) is 71.7 cm³/mol. The van der Waals surface area contributed by atoms with E-state index in [0.29, 0.717) is 32.8 Å². The summed E-state index contributed by atoms with van der Waals surface area (Å²) < 4.78 is 10.7. The zero-order valence-electron chi connectivity index (χ0n) is 10.9. The van der Waals surface area contributed by atoms with E-state index < -0.39 is 6.04 Å². The summed E-state index contributed by atoms with van der Waals surface area (Å²) in [6.07, 6.45) is 0.468. The molecule has 19 heavy (non-hydrogen) atoms. The van der Waals surface area contributed by atoms with Crippen molar-refractivity contribution >= 4 is 5.91 Å². The average Bonchev–Trinajstić information content (AvgIpc) is 2.47. The first-order chi connectivity index (χ1) is 9.25. The fraction of sp³-hybridized carbons (Fsp3) is 0.500. The van der Waals surface area contributed by atoms with Gasteiger partial charge in [0, 0.05) is 6.54 Å². The van der Waals surface area contributed by atoms with Crippen molar-refractivity contribution in [2.24, 2.45) is 5.73 Å². The van der Waals surface area contributed by atoms with Crippen molar-refractivity contribution in [2.75, 3.05) is 26.4 Å². The molecule has 0 aromatic heterocycles. The Bertz CT molecular complexity index is 391. The van der Waals surface area contributed by atoms with Crippen LogP contribution in [0, 0.1) is 0 Å². The normalized spacial score (nSPS) is 20.8. The van der Waals surface area contributed by atoms with Crippen LogP contribution >= 0.6 is 0 Å². The lowest BCUT2D eigenvalue weighted by Gasteiger charge is -2.23. The number of amides is 1. The molecule has 3 N–H and O–H groups in total. The van der Waals surface area contributed by atoms with Crippen LogP contribution < -0.4 is 11.1 Å². The summed E-state index contributed by atoms with van der Waals surface area (Å²) in [5.74, 6) is -0.155. The zero-order chi connectivity index (χ0) is 13.5. The molecule has 1 saturated heterocycles. The highest BCUT2D eigenvalue weighted by molar-refractivity contribution is 5.81. The Hall–Kier alpha value is -1.43. The summed E-state index contributed by atoms with van der Waals surface area (Å²) >= 11 is 0. The predicted octanol–water partition coefficient (Wildman–Crippen LogP) is 0.0880. The van der Waals surface area contributed by atoms with Crippen LogP contribution in [0.5, 0.6) is 0 Å². The van der Waals surface area contributed by atoms with Gasteiger partial charge in [-0.2, -0.15) is 0 Å². The Kier molecular flexibility index (Phi) is 5.32. The fourth-order valence-electron chi connectivity index (χ4n) is 1.96. The van der Waals surface area contributed by atoms with Gasteiger partial charge in [0.05, 0.1) is 32.0 Å². The standard InChI is InChI=1S/C14H20N2O3/c15-13(8-11-4-2-1-3-5-11)14(17)16-9-12-10-18-6-7-19-12/h1-5,12-13H,6-10,15H2,(H,16,17)/t12?,13-/m0/s1. The summed E-state index contributed by atoms with van der Waals surface area (Å²) in [5, 5.41) is 2.80. The van der Waals surface area contributed by atoms with Crippen molar-refractivity contribution < 1.29 is 14.3 Å². The minimum atomic E-state index is -0.535. The summed E-state index contributed by atoms with van der Waals surface area (Å²) in [5.41, 5.74) is 6.94. The van der Waals surface area contributed by atoms with Gasteiger partial charge in [-0.05, 0) is 12.0 Å². The third-order valence-corrected chi connectivity index (χ3v) is 3.02. The molecule has 2 rings (SSSR count). The van der Waals surface area contributed by atoms with Crippen molar-refractivity contribution in [3.63, 3.8) is 0 Å². The highest BCUT2D eigenvalue weighted by Gasteiger charge is 2.18. The van der Waals surface area contributed by atoms with Crippen LogP contribution in [0.1, 0.15) is 5.56 Å². The Morgan fingerprint density at radius 2 is 2.16 bits per heavy atom. The second-order valence-corrected chi connectivity index (χ2v) is 4.61. The number of nitrogens with two attached hydrogens (primary N) is 1. The molecule has 1 unspecified atom stereocenters. The lowest BCUT2D eigenvalue weighted by molar-refractivity contribution is -0.125. The van der Waals surface area contributed by atoms with E-state index in [4.69, 9.17) is 15.2 Å². The SMILES string of the molecule is N[C@@H](Cc1ccccc1)C(=O)NCC1COCCO1. The van der Waals surface area contributed by atoms with E-state index in [1.165, 1.54) is 0 Å². The van der Waals surface area contributed by atoms with E-state index >= 15 is 0 Å². The first-order valence-corrected chi connectivity index (χ1v) is 6.52. The Labute approximate surface area is 113 Å². The van der Waals surface area contributed by atoms with E-state index in [1.807, 2.05) is 30.3 Å². The third-order valence-electron chi connectivity index (χ3n) is 3.02. The van der Waals surface area contributed by atoms with Gasteiger partial charge in [-0.3, -0.25) is 4.79 Å². The molecule has 1 heterocycles. The van der Waals surface area contributed by atoms with E-state index in [9.17, 15) is 4.79 Å². The van der Waals surface area contributed by atoms with Crippen molar-refractivity contribution in [1.82, 2.24) is 5.32 Å². The van der Waals surface area contributed by atoms with Crippen LogP contribution in [-0.2, 0) is 20.7 Å². The first-order valence-electron chi connectivity index (χ1n) is 6.52. The highest BCUT2D eigenvalue weighted by Crippen LogP contribution is 2.03. The minimum Gasteiger partial charge on any atom is -0.376 e. The number of nitrogens with one attached hydrogen (secondary N) is 1. The Morgan fingerprint density at radius 3 is 2.84 bits per heavy atom. The molecule has 1 aromatic carbocycles. The van der Waals surface area contributed by atoms with E-state index in [2.05, 4.69) is 5.32 Å². The molecule has 1 fully saturated rings. The molecular weight excluding hydrogens is 244 g/mol. The molecule has 5 heteroatoms. The quantitative estimate of drug-likeness (QED) is 0.790. The second-order valence-electron chi connectivity index (χ2n) is 4.61. The number of hydrogen-bond donors (Lipinski definition) is 2. The van der Waals surface area contributed by atoms with Crippen LogP contribution in [0.2, 0.25) is 0 Å². The molecule has 0 radical (unpaired) electrons. The van der Waals surface area contributed by atoms with Crippen molar-refractivity contribution in [2.45, 2.75) is 18.6 Å². The lowest BCUT2D eigenvalue weighted by Crippen LogP contribution is -2.46. The van der Waals surface area contributed by atoms with Gasteiger partial charge >= 0.3 is 0 Å². The van der Waals surface area contributed by atoms with Crippen molar-refractivity contribution in [3.8, 4) is 0 Å². The number of hydrogen-bond acceptors (Lipinski definition) is 4. The van der Waals surface area contributed by atoms with Gasteiger partial charge in [0.25, 0.3) is 0 Å². The molecule has 1 aliphatic rings. The Balaban J connectivity index is 1.73. The maximum absolute atomic E-state index is 11.9. The molecule has 1 aromatic rings. The highest BCUT2D eigenvalue weighted by atomic mass is 16.6. The molecule has 0 saturated carbocycles. The zero-order valence-corrected chi connectivity index (χ0v) is 10.9. The summed E-state index contributed by atoms with van der Waals surface area (Å²) in [6, 6.07) is 9.21. The van der Waals surface area contributed by atoms with Gasteiger partial charge in [-0.15, -0.1) is 0 Å². The average molecular weight is 264 g/mol. The Morgan fingerprint density at radius 1 is 1.37 bits per heavy atom. The molecular formula is C14H20N2O3. The van der Waals surface area contributed by atoms with Gasteiger partial charge < -0.3 is 20.5 Å². The monoisotopic (exact) mass is 264 g/mol. The number of ether oxygens (including phenoxy) is 2. The molecule has 104 valence electrons. The summed E-state index contributed by atoms with van der Waals surface area (Å²) in [7, 11) is 0. The smallest absolute Gasteiger partial charge is 0.237 e. The molecule has 2 atom stereocenters.